The Balaban J connectivity index is 1.52. The summed E-state index contributed by atoms with van der Waals surface area (Å²) in [7, 11) is 0. The van der Waals surface area contributed by atoms with Gasteiger partial charge in [-0.25, -0.2) is 9.97 Å². The molecule has 1 saturated heterocycles. The Morgan fingerprint density at radius 1 is 1.04 bits per heavy atom. The van der Waals surface area contributed by atoms with E-state index in [1.807, 2.05) is 23.1 Å². The van der Waals surface area contributed by atoms with Crippen molar-refractivity contribution in [1.82, 2.24) is 14.9 Å². The quantitative estimate of drug-likeness (QED) is 0.615. The Bertz CT molecular complexity index is 973. The van der Waals surface area contributed by atoms with Crippen LogP contribution in [0, 0.1) is 0 Å². The van der Waals surface area contributed by atoms with Crippen molar-refractivity contribution in [3.8, 4) is 0 Å². The van der Waals surface area contributed by atoms with Gasteiger partial charge in [0.25, 0.3) is 5.91 Å². The van der Waals surface area contributed by atoms with Gasteiger partial charge >= 0.3 is 0 Å². The van der Waals surface area contributed by atoms with E-state index in [1.54, 1.807) is 30.6 Å². The molecule has 1 amide bonds. The minimum atomic E-state index is 0.0161. The molecule has 0 saturated carbocycles. The second kappa shape index (κ2) is 7.21. The maximum absolute atomic E-state index is 12.7. The summed E-state index contributed by atoms with van der Waals surface area (Å²) in [6, 6.07) is 13.1. The Labute approximate surface area is 164 Å². The first kappa shape index (κ1) is 17.2. The first-order valence-electron chi connectivity index (χ1n) is 8.32. The summed E-state index contributed by atoms with van der Waals surface area (Å²) in [5.41, 5.74) is 1.54. The van der Waals surface area contributed by atoms with Crippen LogP contribution in [0.4, 0.5) is 5.82 Å². The molecule has 2 aromatic carbocycles. The number of benzene rings is 2. The van der Waals surface area contributed by atoms with Crippen LogP contribution in [-0.2, 0) is 0 Å². The fraction of sp³-hybridized carbons (Fsp3) is 0.211. The Morgan fingerprint density at radius 2 is 1.85 bits per heavy atom. The normalized spacial score (nSPS) is 14.7. The van der Waals surface area contributed by atoms with Gasteiger partial charge in [-0.1, -0.05) is 33.6 Å². The number of hydrogen-bond acceptors (Lipinski definition) is 4. The molecule has 0 unspecified atom stereocenters. The number of carbonyl (C=O) groups excluding carboxylic acids is 1. The molecule has 0 aliphatic carbocycles. The maximum atomic E-state index is 12.7. The van der Waals surface area contributed by atoms with Gasteiger partial charge < -0.3 is 9.80 Å². The summed E-state index contributed by atoms with van der Waals surface area (Å²) >= 11 is 9.52. The van der Waals surface area contributed by atoms with Crippen LogP contribution in [0.5, 0.6) is 0 Å². The molecule has 5 nitrogen and oxygen atoms in total. The molecular formula is C19H16BrClN4O. The van der Waals surface area contributed by atoms with Crippen LogP contribution in [0.25, 0.3) is 10.9 Å². The van der Waals surface area contributed by atoms with Gasteiger partial charge in [-0.05, 0) is 36.4 Å². The van der Waals surface area contributed by atoms with E-state index in [4.69, 9.17) is 11.6 Å². The molecule has 7 heteroatoms. The van der Waals surface area contributed by atoms with E-state index in [0.29, 0.717) is 23.7 Å². The van der Waals surface area contributed by atoms with Gasteiger partial charge in [0.1, 0.15) is 12.1 Å². The molecule has 0 spiro atoms. The molecule has 132 valence electrons. The predicted molar refractivity (Wildman–Crippen MR) is 107 cm³/mol. The first-order valence-corrected chi connectivity index (χ1v) is 9.49. The third-order valence-corrected chi connectivity index (χ3v) is 5.24. The molecule has 0 bridgehead atoms. The molecule has 0 atom stereocenters. The van der Waals surface area contributed by atoms with E-state index in [-0.39, 0.29) is 5.91 Å². The molecule has 26 heavy (non-hydrogen) atoms. The van der Waals surface area contributed by atoms with Crippen molar-refractivity contribution in [2.75, 3.05) is 31.1 Å². The van der Waals surface area contributed by atoms with Gasteiger partial charge in [0.2, 0.25) is 0 Å². The van der Waals surface area contributed by atoms with Crippen LogP contribution >= 0.6 is 27.5 Å². The third-order valence-electron chi connectivity index (χ3n) is 4.51. The summed E-state index contributed by atoms with van der Waals surface area (Å²) in [6.07, 6.45) is 1.59. The van der Waals surface area contributed by atoms with Crippen LogP contribution in [-0.4, -0.2) is 47.0 Å². The number of amides is 1. The van der Waals surface area contributed by atoms with Crippen LogP contribution in [0.15, 0.2) is 53.3 Å². The number of aromatic nitrogens is 2. The second-order valence-electron chi connectivity index (χ2n) is 6.15. The lowest BCUT2D eigenvalue weighted by Gasteiger charge is -2.35. The van der Waals surface area contributed by atoms with Gasteiger partial charge in [-0.2, -0.15) is 0 Å². The molecule has 3 aromatic rings. The largest absolute Gasteiger partial charge is 0.352 e. The summed E-state index contributed by atoms with van der Waals surface area (Å²) < 4.78 is 0.996. The Morgan fingerprint density at radius 3 is 2.62 bits per heavy atom. The highest BCUT2D eigenvalue weighted by molar-refractivity contribution is 9.10. The minimum Gasteiger partial charge on any atom is -0.352 e. The SMILES string of the molecule is O=C(c1cccc(Cl)c1)N1CCN(c2ncnc3ccc(Br)cc23)CC1. The topological polar surface area (TPSA) is 49.3 Å². The van der Waals surface area contributed by atoms with Gasteiger partial charge in [0.15, 0.2) is 0 Å². The van der Waals surface area contributed by atoms with Crippen molar-refractivity contribution in [3.63, 3.8) is 0 Å². The zero-order valence-corrected chi connectivity index (χ0v) is 16.2. The number of piperazine rings is 1. The number of anilines is 1. The molecule has 1 aliphatic heterocycles. The van der Waals surface area contributed by atoms with Gasteiger partial charge in [-0.15, -0.1) is 0 Å². The molecule has 0 radical (unpaired) electrons. The summed E-state index contributed by atoms with van der Waals surface area (Å²) in [5, 5.41) is 1.59. The van der Waals surface area contributed by atoms with Crippen LogP contribution in [0.1, 0.15) is 10.4 Å². The van der Waals surface area contributed by atoms with Crippen LogP contribution in [0.3, 0.4) is 0 Å². The maximum Gasteiger partial charge on any atom is 0.254 e. The molecule has 0 N–H and O–H groups in total. The summed E-state index contributed by atoms with van der Waals surface area (Å²) in [6.45, 7) is 2.74. The zero-order chi connectivity index (χ0) is 18.1. The number of halogens is 2. The van der Waals surface area contributed by atoms with Gasteiger partial charge in [0, 0.05) is 46.6 Å². The molecule has 1 aliphatic rings. The van der Waals surface area contributed by atoms with Crippen molar-refractivity contribution in [3.05, 3.63) is 63.9 Å². The second-order valence-corrected chi connectivity index (χ2v) is 7.50. The smallest absolute Gasteiger partial charge is 0.254 e. The molecule has 2 heterocycles. The van der Waals surface area contributed by atoms with Gasteiger partial charge in [-0.3, -0.25) is 4.79 Å². The Kier molecular flexibility index (Phi) is 4.78. The highest BCUT2D eigenvalue weighted by Crippen LogP contribution is 2.27. The fourth-order valence-corrected chi connectivity index (χ4v) is 3.74. The van der Waals surface area contributed by atoms with Crippen molar-refractivity contribution in [1.29, 1.82) is 0 Å². The monoisotopic (exact) mass is 430 g/mol. The highest BCUT2D eigenvalue weighted by atomic mass is 79.9. The van der Waals surface area contributed by atoms with Crippen LogP contribution in [0.2, 0.25) is 5.02 Å². The number of fused-ring (bicyclic) bond motifs is 1. The summed E-state index contributed by atoms with van der Waals surface area (Å²) in [4.78, 5) is 25.6. The zero-order valence-electron chi connectivity index (χ0n) is 13.9. The highest BCUT2D eigenvalue weighted by Gasteiger charge is 2.24. The van der Waals surface area contributed by atoms with E-state index < -0.39 is 0 Å². The lowest BCUT2D eigenvalue weighted by atomic mass is 10.1. The summed E-state index contributed by atoms with van der Waals surface area (Å²) in [5.74, 6) is 0.925. The van der Waals surface area contributed by atoms with E-state index in [0.717, 1.165) is 34.3 Å². The van der Waals surface area contributed by atoms with E-state index in [1.165, 1.54) is 0 Å². The van der Waals surface area contributed by atoms with Crippen molar-refractivity contribution >= 4 is 50.2 Å². The predicted octanol–water partition coefficient (Wildman–Crippen LogP) is 4.01. The van der Waals surface area contributed by atoms with E-state index in [2.05, 4.69) is 30.8 Å². The van der Waals surface area contributed by atoms with E-state index >= 15 is 0 Å². The van der Waals surface area contributed by atoms with Crippen molar-refractivity contribution < 1.29 is 4.79 Å². The van der Waals surface area contributed by atoms with Crippen LogP contribution < -0.4 is 4.90 Å². The number of carbonyl (C=O) groups is 1. The first-order chi connectivity index (χ1) is 12.6. The van der Waals surface area contributed by atoms with E-state index in [9.17, 15) is 4.79 Å². The average Bonchev–Trinajstić information content (AvgIpc) is 2.67. The third kappa shape index (κ3) is 3.39. The standard InChI is InChI=1S/C19H16BrClN4O/c20-14-4-5-17-16(11-14)18(23-12-22-17)24-6-8-25(9-7-24)19(26)13-2-1-3-15(21)10-13/h1-5,10-12H,6-9H2. The number of rotatable bonds is 2. The lowest BCUT2D eigenvalue weighted by molar-refractivity contribution is 0.0746. The average molecular weight is 432 g/mol. The molecule has 1 fully saturated rings. The fourth-order valence-electron chi connectivity index (χ4n) is 3.19. The molecular weight excluding hydrogens is 416 g/mol. The van der Waals surface area contributed by atoms with Gasteiger partial charge in [0.05, 0.1) is 5.52 Å². The number of hydrogen-bond donors (Lipinski definition) is 0. The Hall–Kier alpha value is -2.18. The van der Waals surface area contributed by atoms with Crippen molar-refractivity contribution in [2.24, 2.45) is 0 Å². The minimum absolute atomic E-state index is 0.0161. The van der Waals surface area contributed by atoms with Crippen molar-refractivity contribution in [2.45, 2.75) is 0 Å². The molecule has 4 rings (SSSR count). The lowest BCUT2D eigenvalue weighted by Crippen LogP contribution is -2.49. The molecule has 1 aromatic heterocycles. The number of nitrogens with zero attached hydrogens (tertiary/aromatic N) is 4.